The normalized spacial score (nSPS) is 11.2. The van der Waals surface area contributed by atoms with E-state index in [4.69, 9.17) is 4.42 Å². The maximum Gasteiger partial charge on any atom is 0.251 e. The van der Waals surface area contributed by atoms with Gasteiger partial charge in [-0.25, -0.2) is 8.42 Å². The van der Waals surface area contributed by atoms with Crippen molar-refractivity contribution in [3.05, 3.63) is 53.5 Å². The second-order valence-corrected chi connectivity index (χ2v) is 8.15. The summed E-state index contributed by atoms with van der Waals surface area (Å²) >= 11 is 1.67. The molecule has 0 saturated heterocycles. The van der Waals surface area contributed by atoms with Gasteiger partial charge in [-0.15, -0.1) is 0 Å². The molecule has 1 aromatic heterocycles. The van der Waals surface area contributed by atoms with E-state index in [-0.39, 0.29) is 5.91 Å². The van der Waals surface area contributed by atoms with E-state index < -0.39 is 10.0 Å². The maximum absolute atomic E-state index is 12.1. The van der Waals surface area contributed by atoms with Crippen LogP contribution in [-0.2, 0) is 15.8 Å². The summed E-state index contributed by atoms with van der Waals surface area (Å²) in [5.41, 5.74) is 1.67. The van der Waals surface area contributed by atoms with Crippen LogP contribution in [0.2, 0.25) is 0 Å². The molecule has 1 amide bonds. The predicted octanol–water partition coefficient (Wildman–Crippen LogP) is 2.62. The fourth-order valence-electron chi connectivity index (χ4n) is 2.03. The topological polar surface area (TPSA) is 88.4 Å². The number of carbonyl (C=O) groups is 1. The van der Waals surface area contributed by atoms with Crippen LogP contribution in [0.5, 0.6) is 0 Å². The third-order valence-electron chi connectivity index (χ3n) is 3.14. The van der Waals surface area contributed by atoms with E-state index in [1.54, 1.807) is 43.1 Å². The first-order valence-electron chi connectivity index (χ1n) is 7.32. The van der Waals surface area contributed by atoms with Gasteiger partial charge in [0.1, 0.15) is 5.76 Å². The first-order valence-corrected chi connectivity index (χ1v) is 10.4. The molecule has 1 aromatic carbocycles. The van der Waals surface area contributed by atoms with Gasteiger partial charge in [-0.3, -0.25) is 9.52 Å². The molecule has 0 aliphatic carbocycles. The van der Waals surface area contributed by atoms with Gasteiger partial charge in [0.05, 0.1) is 24.0 Å². The highest BCUT2D eigenvalue weighted by Gasteiger charge is 2.09. The van der Waals surface area contributed by atoms with Crippen molar-refractivity contribution in [3.63, 3.8) is 0 Å². The second-order valence-electron chi connectivity index (χ2n) is 5.29. The lowest BCUT2D eigenvalue weighted by atomic mass is 10.1. The maximum atomic E-state index is 12.1. The van der Waals surface area contributed by atoms with Crippen LogP contribution < -0.4 is 10.0 Å². The molecule has 0 fully saturated rings. The zero-order valence-corrected chi connectivity index (χ0v) is 15.2. The lowest BCUT2D eigenvalue weighted by Crippen LogP contribution is -2.25. The van der Waals surface area contributed by atoms with Gasteiger partial charge in [0, 0.05) is 17.9 Å². The van der Waals surface area contributed by atoms with Crippen molar-refractivity contribution in [2.24, 2.45) is 0 Å². The molecule has 0 aliphatic heterocycles. The number of hydrogen-bond donors (Lipinski definition) is 2. The average Bonchev–Trinajstić information content (AvgIpc) is 3.01. The molecule has 6 nitrogen and oxygen atoms in total. The van der Waals surface area contributed by atoms with Crippen molar-refractivity contribution in [2.45, 2.75) is 12.7 Å². The van der Waals surface area contributed by atoms with Gasteiger partial charge in [0.2, 0.25) is 10.0 Å². The highest BCUT2D eigenvalue weighted by molar-refractivity contribution is 7.98. The third kappa shape index (κ3) is 5.93. The van der Waals surface area contributed by atoms with Gasteiger partial charge < -0.3 is 9.73 Å². The van der Waals surface area contributed by atoms with Gasteiger partial charge >= 0.3 is 0 Å². The molecular weight excluding hydrogens is 348 g/mol. The molecule has 0 aliphatic rings. The van der Waals surface area contributed by atoms with E-state index in [9.17, 15) is 13.2 Å². The van der Waals surface area contributed by atoms with Crippen LogP contribution in [0.3, 0.4) is 0 Å². The summed E-state index contributed by atoms with van der Waals surface area (Å²) in [6, 6.07) is 8.63. The zero-order chi connectivity index (χ0) is 17.6. The predicted molar refractivity (Wildman–Crippen MR) is 96.8 cm³/mol. The molecule has 1 heterocycles. The highest BCUT2D eigenvalue weighted by Crippen LogP contribution is 2.17. The molecule has 2 rings (SSSR count). The number of nitrogens with one attached hydrogen (secondary N) is 2. The zero-order valence-electron chi connectivity index (χ0n) is 13.5. The summed E-state index contributed by atoms with van der Waals surface area (Å²) in [6.07, 6.45) is 2.73. The monoisotopic (exact) mass is 368 g/mol. The quantitative estimate of drug-likeness (QED) is 0.699. The number of benzene rings is 1. The van der Waals surface area contributed by atoms with Crippen molar-refractivity contribution in [2.75, 3.05) is 23.3 Å². The van der Waals surface area contributed by atoms with Gasteiger partial charge in [0.25, 0.3) is 5.91 Å². The minimum atomic E-state index is -3.33. The molecule has 0 radical (unpaired) electrons. The summed E-state index contributed by atoms with van der Waals surface area (Å²) in [7, 11) is -3.33. The molecule has 0 atom stereocenters. The lowest BCUT2D eigenvalue weighted by Gasteiger charge is -2.10. The average molecular weight is 368 g/mol. The number of rotatable bonds is 8. The summed E-state index contributed by atoms with van der Waals surface area (Å²) < 4.78 is 30.2. The minimum absolute atomic E-state index is 0.178. The van der Waals surface area contributed by atoms with Crippen molar-refractivity contribution in [1.82, 2.24) is 5.32 Å². The van der Waals surface area contributed by atoms with Crippen LogP contribution in [-0.4, -0.2) is 32.9 Å². The number of sulfonamides is 1. The molecule has 8 heteroatoms. The van der Waals surface area contributed by atoms with E-state index in [0.717, 1.165) is 23.5 Å². The number of amides is 1. The Kier molecular flexibility index (Phi) is 6.33. The fraction of sp³-hybridized carbons (Fsp3) is 0.312. The van der Waals surface area contributed by atoms with Crippen molar-refractivity contribution >= 4 is 33.4 Å². The van der Waals surface area contributed by atoms with Crippen LogP contribution in [0.4, 0.5) is 5.69 Å². The van der Waals surface area contributed by atoms with Crippen LogP contribution in [0.1, 0.15) is 21.7 Å². The Bertz CT molecular complexity index is 786. The number of carbonyl (C=O) groups excluding carboxylic acids is 1. The molecule has 0 bridgehead atoms. The number of anilines is 1. The lowest BCUT2D eigenvalue weighted by molar-refractivity contribution is 0.0956. The van der Waals surface area contributed by atoms with Crippen LogP contribution >= 0.6 is 11.8 Å². The van der Waals surface area contributed by atoms with Crippen molar-refractivity contribution in [3.8, 4) is 0 Å². The fourth-order valence-corrected chi connectivity index (χ4v) is 3.41. The summed E-state index contributed by atoms with van der Waals surface area (Å²) in [4.78, 5) is 12.1. The van der Waals surface area contributed by atoms with E-state index >= 15 is 0 Å². The Morgan fingerprint density at radius 3 is 2.71 bits per heavy atom. The molecule has 0 spiro atoms. The Balaban J connectivity index is 1.80. The van der Waals surface area contributed by atoms with E-state index in [2.05, 4.69) is 10.0 Å². The van der Waals surface area contributed by atoms with Gasteiger partial charge in [0.15, 0.2) is 0 Å². The van der Waals surface area contributed by atoms with Gasteiger partial charge in [-0.05, 0) is 42.8 Å². The van der Waals surface area contributed by atoms with E-state index in [0.29, 0.717) is 23.4 Å². The molecule has 0 saturated carbocycles. The number of hydrogen-bond acceptors (Lipinski definition) is 5. The van der Waals surface area contributed by atoms with Crippen LogP contribution in [0.25, 0.3) is 0 Å². The molecule has 0 unspecified atom stereocenters. The number of furan rings is 1. The number of aryl methyl sites for hydroxylation is 1. The van der Waals surface area contributed by atoms with E-state index in [1.165, 1.54) is 0 Å². The summed E-state index contributed by atoms with van der Waals surface area (Å²) in [6.45, 7) is 2.30. The summed E-state index contributed by atoms with van der Waals surface area (Å²) in [5.74, 6) is 2.28. The van der Waals surface area contributed by atoms with Crippen molar-refractivity contribution < 1.29 is 17.6 Å². The molecule has 2 N–H and O–H groups in total. The minimum Gasteiger partial charge on any atom is -0.468 e. The van der Waals surface area contributed by atoms with Gasteiger partial charge in [-0.2, -0.15) is 11.8 Å². The second kappa shape index (κ2) is 8.25. The third-order valence-corrected chi connectivity index (χ3v) is 4.71. The van der Waals surface area contributed by atoms with Crippen LogP contribution in [0, 0.1) is 6.92 Å². The Hall–Kier alpha value is -1.93. The standard InChI is InChI=1S/C16H20N2O4S2/c1-12-10-13(5-6-15(12)18-24(2,20)21)16(19)17-7-9-23-11-14-4-3-8-22-14/h3-6,8,10,18H,7,9,11H2,1-2H3,(H,17,19). The first-order chi connectivity index (χ1) is 11.3. The molecule has 2 aromatic rings. The van der Waals surface area contributed by atoms with Crippen molar-refractivity contribution in [1.29, 1.82) is 0 Å². The van der Waals surface area contributed by atoms with Gasteiger partial charge in [-0.1, -0.05) is 0 Å². The number of thioether (sulfide) groups is 1. The summed E-state index contributed by atoms with van der Waals surface area (Å²) in [5, 5.41) is 2.84. The molecule has 130 valence electrons. The Morgan fingerprint density at radius 2 is 2.08 bits per heavy atom. The SMILES string of the molecule is Cc1cc(C(=O)NCCSCc2ccco2)ccc1NS(C)(=O)=O. The molecular formula is C16H20N2O4S2. The van der Waals surface area contributed by atoms with Crippen LogP contribution in [0.15, 0.2) is 41.0 Å². The Labute approximate surface area is 146 Å². The Morgan fingerprint density at radius 1 is 1.29 bits per heavy atom. The smallest absolute Gasteiger partial charge is 0.251 e. The highest BCUT2D eigenvalue weighted by atomic mass is 32.2. The largest absolute Gasteiger partial charge is 0.468 e. The molecule has 24 heavy (non-hydrogen) atoms. The van der Waals surface area contributed by atoms with E-state index in [1.807, 2.05) is 12.1 Å². The first kappa shape index (κ1) is 18.4.